The van der Waals surface area contributed by atoms with Crippen molar-refractivity contribution in [3.8, 4) is 28.3 Å². The number of ether oxygens (including phenoxy) is 1. The van der Waals surface area contributed by atoms with Gasteiger partial charge in [0.1, 0.15) is 5.56 Å². The van der Waals surface area contributed by atoms with Crippen molar-refractivity contribution in [2.75, 3.05) is 19.0 Å². The Hall–Kier alpha value is -4.45. The molecule has 1 atom stereocenters. The van der Waals surface area contributed by atoms with E-state index in [0.29, 0.717) is 33.3 Å². The van der Waals surface area contributed by atoms with Crippen molar-refractivity contribution < 1.29 is 14.3 Å². The molecule has 0 bridgehead atoms. The largest absolute Gasteiger partial charge is 0.481 e. The Bertz CT molecular complexity index is 1900. The zero-order chi connectivity index (χ0) is 31.0. The molecule has 43 heavy (non-hydrogen) atoms. The number of anilines is 1. The molecule has 2 amide bonds. The zero-order valence-electron chi connectivity index (χ0n) is 23.5. The van der Waals surface area contributed by atoms with Crippen LogP contribution in [0.25, 0.3) is 22.4 Å². The second-order valence-electron chi connectivity index (χ2n) is 10.1. The van der Waals surface area contributed by atoms with Gasteiger partial charge in [-0.05, 0) is 30.5 Å². The monoisotopic (exact) mass is 622 g/mol. The Morgan fingerprint density at radius 2 is 1.74 bits per heavy atom. The molecule has 222 valence electrons. The van der Waals surface area contributed by atoms with Crippen LogP contribution in [0, 0.1) is 0 Å². The molecule has 13 heteroatoms. The summed E-state index contributed by atoms with van der Waals surface area (Å²) in [6.45, 7) is 0.0465. The second kappa shape index (κ2) is 12.0. The summed E-state index contributed by atoms with van der Waals surface area (Å²) in [7, 11) is 4.29. The maximum atomic E-state index is 13.0. The molecule has 11 nitrogen and oxygen atoms in total. The van der Waals surface area contributed by atoms with Gasteiger partial charge < -0.3 is 25.7 Å². The van der Waals surface area contributed by atoms with Gasteiger partial charge in [0.05, 0.1) is 35.1 Å². The number of aromatic nitrogens is 3. The van der Waals surface area contributed by atoms with Crippen LogP contribution in [0.4, 0.5) is 5.69 Å². The molecule has 0 spiro atoms. The van der Waals surface area contributed by atoms with Gasteiger partial charge in [-0.15, -0.1) is 0 Å². The third-order valence-corrected chi connectivity index (χ3v) is 8.19. The lowest BCUT2D eigenvalue weighted by atomic mass is 9.99. The number of hydrogen-bond donors (Lipinski definition) is 3. The highest BCUT2D eigenvalue weighted by Gasteiger charge is 2.29. The molecular weight excluding hydrogens is 595 g/mol. The predicted molar refractivity (Wildman–Crippen MR) is 165 cm³/mol. The molecule has 0 radical (unpaired) electrons. The Kier molecular flexibility index (Phi) is 8.41. The highest BCUT2D eigenvalue weighted by atomic mass is 35.5. The summed E-state index contributed by atoms with van der Waals surface area (Å²) in [5, 5.41) is 6.43. The van der Waals surface area contributed by atoms with Crippen LogP contribution in [-0.4, -0.2) is 39.6 Å². The summed E-state index contributed by atoms with van der Waals surface area (Å²) in [5.41, 5.74) is 8.39. The first-order chi connectivity index (χ1) is 20.5. The van der Waals surface area contributed by atoms with Crippen molar-refractivity contribution in [1.29, 1.82) is 0 Å². The number of methoxy groups -OCH3 is 1. The van der Waals surface area contributed by atoms with Crippen molar-refractivity contribution >= 4 is 40.7 Å². The number of benzene rings is 2. The van der Waals surface area contributed by atoms with Gasteiger partial charge in [0, 0.05) is 48.6 Å². The molecule has 1 unspecified atom stereocenters. The zero-order valence-corrected chi connectivity index (χ0v) is 25.0. The molecule has 4 aromatic rings. The van der Waals surface area contributed by atoms with Crippen molar-refractivity contribution in [3.63, 3.8) is 0 Å². The number of primary amides is 1. The van der Waals surface area contributed by atoms with E-state index in [2.05, 4.69) is 10.6 Å². The van der Waals surface area contributed by atoms with E-state index in [0.717, 1.165) is 33.1 Å². The normalized spacial score (nSPS) is 13.9. The van der Waals surface area contributed by atoms with E-state index < -0.39 is 23.1 Å². The van der Waals surface area contributed by atoms with E-state index in [1.54, 1.807) is 24.3 Å². The highest BCUT2D eigenvalue weighted by molar-refractivity contribution is 6.39. The summed E-state index contributed by atoms with van der Waals surface area (Å²) in [6.07, 6.45) is 2.70. The van der Waals surface area contributed by atoms with Crippen LogP contribution in [0.2, 0.25) is 10.0 Å². The number of nitrogens with one attached hydrogen (secondary N) is 2. The van der Waals surface area contributed by atoms with E-state index in [4.69, 9.17) is 38.7 Å². The molecular formula is C30H28Cl2N6O5. The number of rotatable bonds is 8. The molecule has 0 aliphatic heterocycles. The molecule has 1 aliphatic carbocycles. The first kappa shape index (κ1) is 30.0. The lowest BCUT2D eigenvalue weighted by Gasteiger charge is -2.17. The number of pyridine rings is 1. The minimum Gasteiger partial charge on any atom is -0.481 e. The van der Waals surface area contributed by atoms with Gasteiger partial charge >= 0.3 is 5.69 Å². The van der Waals surface area contributed by atoms with E-state index >= 15 is 0 Å². The number of hydrogen-bond acceptors (Lipinski definition) is 7. The van der Waals surface area contributed by atoms with E-state index in [9.17, 15) is 19.2 Å². The fraction of sp³-hybridized carbons (Fsp3) is 0.233. The number of nitrogens with zero attached hydrogens (tertiary/aromatic N) is 3. The van der Waals surface area contributed by atoms with Crippen molar-refractivity contribution in [1.82, 2.24) is 19.4 Å². The minimum absolute atomic E-state index is 0.0465. The molecule has 1 aliphatic rings. The molecule has 4 N–H and O–H groups in total. The SMILES string of the molecule is COc1nc(-c2cccc(-c3cccc(NC(=O)c4cn(C)c(=O)n(C)c4=O)c3Cl)c2Cl)cc2c1C(NCC(N)=O)CC2. The number of fused-ring (bicyclic) bond motifs is 1. The maximum absolute atomic E-state index is 13.0. The van der Waals surface area contributed by atoms with Crippen LogP contribution in [0.5, 0.6) is 5.88 Å². The van der Waals surface area contributed by atoms with Crippen molar-refractivity contribution in [3.05, 3.63) is 96.2 Å². The Balaban J connectivity index is 1.50. The molecule has 2 heterocycles. The average Bonchev–Trinajstić information content (AvgIpc) is 3.40. The van der Waals surface area contributed by atoms with Gasteiger partial charge in [-0.3, -0.25) is 19.0 Å². The molecule has 2 aromatic carbocycles. The number of carbonyl (C=O) groups excluding carboxylic acids is 2. The standard InChI is InChI=1S/C30H28Cl2N6O5/c1-37-14-19(29(41)38(2)30(37)42)27(40)35-21-9-5-7-17(26(21)32)16-6-4-8-18(25(16)31)22-12-15-10-11-20(34-13-23(33)39)24(15)28(36-22)43-3/h4-9,12,14,20,34H,10-11,13H2,1-3H3,(H2,33,39)(H,35,40). The first-order valence-corrected chi connectivity index (χ1v) is 14.0. The topological polar surface area (TPSA) is 150 Å². The average molecular weight is 623 g/mol. The summed E-state index contributed by atoms with van der Waals surface area (Å²) in [5.74, 6) is -0.729. The molecule has 2 aromatic heterocycles. The van der Waals surface area contributed by atoms with E-state index in [1.165, 1.54) is 27.4 Å². The lowest BCUT2D eigenvalue weighted by molar-refractivity contribution is -0.117. The number of halogens is 2. The fourth-order valence-corrected chi connectivity index (χ4v) is 5.85. The van der Waals surface area contributed by atoms with Crippen molar-refractivity contribution in [2.24, 2.45) is 19.8 Å². The van der Waals surface area contributed by atoms with Gasteiger partial charge in [0.15, 0.2) is 0 Å². The Morgan fingerprint density at radius 3 is 2.44 bits per heavy atom. The minimum atomic E-state index is -0.726. The van der Waals surface area contributed by atoms with E-state index in [-0.39, 0.29) is 28.9 Å². The third kappa shape index (κ3) is 5.66. The fourth-order valence-electron chi connectivity index (χ4n) is 5.26. The number of amides is 2. The summed E-state index contributed by atoms with van der Waals surface area (Å²) < 4.78 is 7.65. The van der Waals surface area contributed by atoms with Crippen LogP contribution in [-0.2, 0) is 25.3 Å². The summed E-state index contributed by atoms with van der Waals surface area (Å²) >= 11 is 13.7. The van der Waals surface area contributed by atoms with Crippen molar-refractivity contribution in [2.45, 2.75) is 18.9 Å². The molecule has 0 saturated heterocycles. The molecule has 0 fully saturated rings. The van der Waals surface area contributed by atoms with Gasteiger partial charge in [-0.25, -0.2) is 9.78 Å². The van der Waals surface area contributed by atoms with Crippen LogP contribution < -0.4 is 32.4 Å². The molecule has 5 rings (SSSR count). The van der Waals surface area contributed by atoms with Crippen LogP contribution in [0.3, 0.4) is 0 Å². The lowest BCUT2D eigenvalue weighted by Crippen LogP contribution is -2.40. The number of carbonyl (C=O) groups is 2. The highest BCUT2D eigenvalue weighted by Crippen LogP contribution is 2.44. The van der Waals surface area contributed by atoms with Gasteiger partial charge in [0.25, 0.3) is 11.5 Å². The summed E-state index contributed by atoms with van der Waals surface area (Å²) in [4.78, 5) is 53.7. The summed E-state index contributed by atoms with van der Waals surface area (Å²) in [6, 6.07) is 12.4. The third-order valence-electron chi connectivity index (χ3n) is 7.38. The smallest absolute Gasteiger partial charge is 0.330 e. The number of nitrogens with two attached hydrogens (primary N) is 1. The maximum Gasteiger partial charge on any atom is 0.330 e. The number of aryl methyl sites for hydroxylation is 2. The van der Waals surface area contributed by atoms with Gasteiger partial charge in [-0.1, -0.05) is 53.5 Å². The van der Waals surface area contributed by atoms with Crippen LogP contribution in [0.15, 0.2) is 58.3 Å². The molecule has 0 saturated carbocycles. The van der Waals surface area contributed by atoms with E-state index in [1.807, 2.05) is 18.2 Å². The van der Waals surface area contributed by atoms with Crippen LogP contribution >= 0.6 is 23.2 Å². The van der Waals surface area contributed by atoms with Crippen LogP contribution in [0.1, 0.15) is 33.9 Å². The van der Waals surface area contributed by atoms with Gasteiger partial charge in [0.2, 0.25) is 11.8 Å². The Labute approximate surface area is 256 Å². The second-order valence-corrected chi connectivity index (χ2v) is 10.9. The first-order valence-electron chi connectivity index (χ1n) is 13.3. The quantitative estimate of drug-likeness (QED) is 0.272. The van der Waals surface area contributed by atoms with Gasteiger partial charge in [-0.2, -0.15) is 0 Å². The Morgan fingerprint density at radius 1 is 1.07 bits per heavy atom. The predicted octanol–water partition coefficient (Wildman–Crippen LogP) is 3.44.